The first kappa shape index (κ1) is 17.9. The second kappa shape index (κ2) is 7.71. The van der Waals surface area contributed by atoms with Crippen LogP contribution in [0.5, 0.6) is 0 Å². The number of esters is 1. The lowest BCUT2D eigenvalue weighted by molar-refractivity contribution is -0.142. The molecule has 0 saturated carbocycles. The molecule has 0 unspecified atom stereocenters. The van der Waals surface area contributed by atoms with E-state index in [1.165, 1.54) is 12.1 Å². The van der Waals surface area contributed by atoms with Crippen LogP contribution >= 0.6 is 27.7 Å². The molecule has 0 aliphatic heterocycles. The minimum absolute atomic E-state index is 0.0299. The van der Waals surface area contributed by atoms with E-state index >= 15 is 0 Å². The highest BCUT2D eigenvalue weighted by Crippen LogP contribution is 2.40. The van der Waals surface area contributed by atoms with E-state index in [1.54, 1.807) is 6.92 Å². The number of nitriles is 1. The van der Waals surface area contributed by atoms with Crippen molar-refractivity contribution in [1.82, 2.24) is 0 Å². The van der Waals surface area contributed by atoms with Crippen LogP contribution in [0.1, 0.15) is 23.6 Å². The van der Waals surface area contributed by atoms with Crippen molar-refractivity contribution in [1.29, 1.82) is 5.26 Å². The summed E-state index contributed by atoms with van der Waals surface area (Å²) in [7, 11) is 0. The molecule has 1 rings (SSSR count). The molecule has 1 aromatic carbocycles. The van der Waals surface area contributed by atoms with Gasteiger partial charge in [-0.25, -0.2) is 0 Å². The molecule has 0 radical (unpaired) electrons. The van der Waals surface area contributed by atoms with Gasteiger partial charge in [-0.2, -0.15) is 18.4 Å². The van der Waals surface area contributed by atoms with Crippen molar-refractivity contribution in [2.45, 2.75) is 29.1 Å². The summed E-state index contributed by atoms with van der Waals surface area (Å²) in [5, 5.41) is 9.24. The molecule has 0 aromatic heterocycles. The second-order valence-corrected chi connectivity index (χ2v) is 5.56. The minimum atomic E-state index is -4.44. The van der Waals surface area contributed by atoms with Crippen LogP contribution in [0, 0.1) is 11.3 Å². The maximum atomic E-state index is 12.5. The van der Waals surface area contributed by atoms with Gasteiger partial charge in [0.15, 0.2) is 0 Å². The summed E-state index contributed by atoms with van der Waals surface area (Å²) in [5.74, 6) is -0.580. The maximum Gasteiger partial charge on any atom is 0.446 e. The lowest BCUT2D eigenvalue weighted by Gasteiger charge is -2.13. The van der Waals surface area contributed by atoms with E-state index in [0.717, 1.165) is 0 Å². The van der Waals surface area contributed by atoms with Crippen LogP contribution in [0.25, 0.3) is 0 Å². The fraction of sp³-hybridized carbons (Fsp3) is 0.385. The first-order chi connectivity index (χ1) is 9.80. The topological polar surface area (TPSA) is 50.1 Å². The lowest BCUT2D eigenvalue weighted by atomic mass is 10.0. The first-order valence-corrected chi connectivity index (χ1v) is 7.77. The van der Waals surface area contributed by atoms with Gasteiger partial charge in [-0.3, -0.25) is 4.79 Å². The summed E-state index contributed by atoms with van der Waals surface area (Å²) < 4.78 is 42.4. The fourth-order valence-corrected chi connectivity index (χ4v) is 2.97. The van der Waals surface area contributed by atoms with Gasteiger partial charge in [0.1, 0.15) is 0 Å². The van der Waals surface area contributed by atoms with Crippen molar-refractivity contribution in [3.8, 4) is 6.07 Å². The van der Waals surface area contributed by atoms with Gasteiger partial charge < -0.3 is 4.74 Å². The molecule has 0 bridgehead atoms. The SMILES string of the molecule is CCOC(=O)Cc1cc(SC(F)(F)F)c(CBr)cc1C#N. The van der Waals surface area contributed by atoms with E-state index in [2.05, 4.69) is 15.9 Å². The van der Waals surface area contributed by atoms with Crippen LogP contribution in [0.4, 0.5) is 13.2 Å². The Balaban J connectivity index is 3.20. The Morgan fingerprint density at radius 2 is 2.10 bits per heavy atom. The third-order valence-electron chi connectivity index (χ3n) is 2.42. The molecular formula is C13H11BrF3NO2S. The van der Waals surface area contributed by atoms with Gasteiger partial charge in [-0.15, -0.1) is 0 Å². The van der Waals surface area contributed by atoms with E-state index < -0.39 is 11.5 Å². The largest absolute Gasteiger partial charge is 0.466 e. The standard InChI is InChI=1S/C13H11BrF3NO2S/c1-2-20-12(19)5-8-4-11(21-13(15,16)17)9(6-14)3-10(8)7-18/h3-4H,2,5-6H2,1H3. The monoisotopic (exact) mass is 381 g/mol. The Hall–Kier alpha value is -1.20. The molecule has 21 heavy (non-hydrogen) atoms. The smallest absolute Gasteiger partial charge is 0.446 e. The van der Waals surface area contributed by atoms with E-state index in [1.807, 2.05) is 6.07 Å². The van der Waals surface area contributed by atoms with E-state index in [4.69, 9.17) is 10.00 Å². The van der Waals surface area contributed by atoms with E-state index in [0.29, 0.717) is 5.56 Å². The number of rotatable bonds is 5. The van der Waals surface area contributed by atoms with Gasteiger partial charge in [-0.05, 0) is 41.9 Å². The minimum Gasteiger partial charge on any atom is -0.466 e. The molecule has 0 heterocycles. The maximum absolute atomic E-state index is 12.5. The number of hydrogen-bond donors (Lipinski definition) is 0. The quantitative estimate of drug-likeness (QED) is 0.436. The van der Waals surface area contributed by atoms with Crippen LogP contribution in [0.2, 0.25) is 0 Å². The summed E-state index contributed by atoms with van der Waals surface area (Å²) in [5.41, 5.74) is -3.69. The molecule has 0 atom stereocenters. The lowest BCUT2D eigenvalue weighted by Crippen LogP contribution is -2.10. The number of hydrogen-bond acceptors (Lipinski definition) is 4. The molecule has 0 saturated heterocycles. The highest BCUT2D eigenvalue weighted by atomic mass is 79.9. The van der Waals surface area contributed by atoms with Crippen molar-refractivity contribution in [2.75, 3.05) is 6.61 Å². The number of carbonyl (C=O) groups excluding carboxylic acids is 1. The number of thioether (sulfide) groups is 1. The predicted molar refractivity (Wildman–Crippen MR) is 76.0 cm³/mol. The molecule has 0 fully saturated rings. The van der Waals surface area contributed by atoms with Gasteiger partial charge in [0, 0.05) is 10.2 Å². The third-order valence-corrected chi connectivity index (χ3v) is 3.85. The average Bonchev–Trinajstić information content (AvgIpc) is 2.37. The van der Waals surface area contributed by atoms with Gasteiger partial charge in [-0.1, -0.05) is 15.9 Å². The van der Waals surface area contributed by atoms with Crippen LogP contribution in [0.15, 0.2) is 17.0 Å². The van der Waals surface area contributed by atoms with Crippen LogP contribution in [0.3, 0.4) is 0 Å². The summed E-state index contributed by atoms with van der Waals surface area (Å²) in [6, 6.07) is 4.47. The summed E-state index contributed by atoms with van der Waals surface area (Å²) in [6.45, 7) is 1.80. The molecule has 0 aliphatic carbocycles. The van der Waals surface area contributed by atoms with Gasteiger partial charge in [0.05, 0.1) is 24.7 Å². The average molecular weight is 382 g/mol. The third kappa shape index (κ3) is 5.59. The molecule has 0 spiro atoms. The molecule has 8 heteroatoms. The zero-order chi connectivity index (χ0) is 16.0. The Morgan fingerprint density at radius 3 is 2.57 bits per heavy atom. The number of alkyl halides is 4. The van der Waals surface area contributed by atoms with Crippen molar-refractivity contribution < 1.29 is 22.7 Å². The second-order valence-electron chi connectivity index (χ2n) is 3.89. The highest BCUT2D eigenvalue weighted by Gasteiger charge is 2.31. The van der Waals surface area contributed by atoms with Crippen LogP contribution in [-0.2, 0) is 21.3 Å². The Morgan fingerprint density at radius 1 is 1.43 bits per heavy atom. The summed E-state index contributed by atoms with van der Waals surface area (Å²) in [6.07, 6.45) is -0.231. The van der Waals surface area contributed by atoms with Crippen molar-refractivity contribution in [3.05, 3.63) is 28.8 Å². The Bertz CT molecular complexity index is 570. The van der Waals surface area contributed by atoms with Gasteiger partial charge >= 0.3 is 11.5 Å². The van der Waals surface area contributed by atoms with Crippen LogP contribution < -0.4 is 0 Å². The highest BCUT2D eigenvalue weighted by molar-refractivity contribution is 9.08. The summed E-state index contributed by atoms with van der Waals surface area (Å²) in [4.78, 5) is 11.4. The molecule has 1 aromatic rings. The van der Waals surface area contributed by atoms with E-state index in [9.17, 15) is 18.0 Å². The van der Waals surface area contributed by atoms with Crippen LogP contribution in [-0.4, -0.2) is 18.1 Å². The normalized spacial score (nSPS) is 11.0. The number of carbonyl (C=O) groups is 1. The zero-order valence-corrected chi connectivity index (χ0v) is 13.4. The molecule has 114 valence electrons. The first-order valence-electron chi connectivity index (χ1n) is 5.84. The van der Waals surface area contributed by atoms with E-state index in [-0.39, 0.29) is 46.1 Å². The fourth-order valence-electron chi connectivity index (χ4n) is 1.61. The molecule has 0 N–H and O–H groups in total. The van der Waals surface area contributed by atoms with Crippen molar-refractivity contribution >= 4 is 33.7 Å². The zero-order valence-electron chi connectivity index (χ0n) is 11.0. The van der Waals surface area contributed by atoms with Gasteiger partial charge in [0.2, 0.25) is 0 Å². The van der Waals surface area contributed by atoms with Crippen molar-refractivity contribution in [2.24, 2.45) is 0 Å². The number of halogens is 4. The molecule has 3 nitrogen and oxygen atoms in total. The summed E-state index contributed by atoms with van der Waals surface area (Å²) >= 11 is 2.83. The number of benzene rings is 1. The number of ether oxygens (including phenoxy) is 1. The Labute approximate surface area is 132 Å². The molecular weight excluding hydrogens is 371 g/mol. The van der Waals surface area contributed by atoms with Crippen molar-refractivity contribution in [3.63, 3.8) is 0 Å². The Kier molecular flexibility index (Phi) is 6.55. The molecule has 0 amide bonds. The molecule has 0 aliphatic rings. The number of nitrogens with zero attached hydrogens (tertiary/aromatic N) is 1. The predicted octanol–water partition coefficient (Wildman–Crippen LogP) is 4.17. The van der Waals surface area contributed by atoms with Gasteiger partial charge in [0.25, 0.3) is 0 Å².